The van der Waals surface area contributed by atoms with E-state index in [4.69, 9.17) is 4.98 Å². The molecule has 0 amide bonds. The second kappa shape index (κ2) is 7.55. The van der Waals surface area contributed by atoms with E-state index in [-0.39, 0.29) is 0 Å². The summed E-state index contributed by atoms with van der Waals surface area (Å²) in [5.74, 6) is 1.88. The lowest BCUT2D eigenvalue weighted by Gasteiger charge is -2.23. The van der Waals surface area contributed by atoms with Crippen LogP contribution in [-0.2, 0) is 13.6 Å². The minimum absolute atomic E-state index is 0.677. The van der Waals surface area contributed by atoms with Crippen LogP contribution in [0.5, 0.6) is 0 Å². The monoisotopic (exact) mass is 450 g/mol. The zero-order valence-corrected chi connectivity index (χ0v) is 17.2. The first-order valence-electron chi connectivity index (χ1n) is 8.47. The number of hydrogen-bond donors (Lipinski definition) is 1. The van der Waals surface area contributed by atoms with Crippen molar-refractivity contribution in [1.29, 1.82) is 0 Å². The summed E-state index contributed by atoms with van der Waals surface area (Å²) >= 11 is 2.26. The lowest BCUT2D eigenvalue weighted by atomic mass is 10.1. The molecule has 0 unspecified atom stereocenters. The molecule has 1 N–H and O–H groups in total. The topological polar surface area (TPSA) is 58.9 Å². The van der Waals surface area contributed by atoms with Gasteiger partial charge >= 0.3 is 0 Å². The van der Waals surface area contributed by atoms with Crippen molar-refractivity contribution in [3.63, 3.8) is 0 Å². The van der Waals surface area contributed by atoms with Crippen molar-refractivity contribution in [3.8, 4) is 0 Å². The Bertz CT molecular complexity index is 867. The van der Waals surface area contributed by atoms with Crippen LogP contribution in [0.4, 0.5) is 11.6 Å². The highest BCUT2D eigenvalue weighted by Crippen LogP contribution is 2.26. The predicted octanol–water partition coefficient (Wildman–Crippen LogP) is 3.73. The third kappa shape index (κ3) is 3.70. The quantitative estimate of drug-likeness (QED) is 0.580. The Morgan fingerprint density at radius 2 is 2.00 bits per heavy atom. The Labute approximate surface area is 161 Å². The summed E-state index contributed by atoms with van der Waals surface area (Å²) in [4.78, 5) is 11.6. The number of anilines is 2. The highest BCUT2D eigenvalue weighted by Gasteiger charge is 2.16. The summed E-state index contributed by atoms with van der Waals surface area (Å²) in [6.07, 6.45) is 1.86. The van der Waals surface area contributed by atoms with Crippen molar-refractivity contribution < 1.29 is 0 Å². The van der Waals surface area contributed by atoms with Gasteiger partial charge in [0, 0.05) is 47.4 Å². The van der Waals surface area contributed by atoms with E-state index in [1.54, 1.807) is 0 Å². The number of pyridine rings is 2. The summed E-state index contributed by atoms with van der Waals surface area (Å²) in [6, 6.07) is 6.26. The van der Waals surface area contributed by atoms with Crippen molar-refractivity contribution in [1.82, 2.24) is 19.7 Å². The van der Waals surface area contributed by atoms with Gasteiger partial charge in [-0.2, -0.15) is 5.10 Å². The minimum atomic E-state index is 0.677. The zero-order valence-electron chi connectivity index (χ0n) is 15.0. The van der Waals surface area contributed by atoms with Gasteiger partial charge in [-0.05, 0) is 61.6 Å². The van der Waals surface area contributed by atoms with Crippen molar-refractivity contribution in [2.75, 3.05) is 23.3 Å². The number of aryl methyl sites for hydroxylation is 2. The second-order valence-corrected chi connectivity index (χ2v) is 7.18. The first-order valence-corrected chi connectivity index (χ1v) is 9.55. The van der Waals surface area contributed by atoms with Crippen LogP contribution in [0.1, 0.15) is 25.1 Å². The number of rotatable bonds is 6. The zero-order chi connectivity index (χ0) is 18.0. The average molecular weight is 450 g/mol. The third-order valence-electron chi connectivity index (χ3n) is 4.31. The highest BCUT2D eigenvalue weighted by molar-refractivity contribution is 14.1. The molecular formula is C18H23IN6. The van der Waals surface area contributed by atoms with Crippen molar-refractivity contribution in [2.24, 2.45) is 7.05 Å². The van der Waals surface area contributed by atoms with Crippen LogP contribution >= 0.6 is 22.6 Å². The minimum Gasteiger partial charge on any atom is -0.366 e. The van der Waals surface area contributed by atoms with Gasteiger partial charge in [0.05, 0.1) is 5.69 Å². The van der Waals surface area contributed by atoms with Gasteiger partial charge in [-0.3, -0.25) is 4.68 Å². The fraction of sp³-hybridized carbons (Fsp3) is 0.389. The molecule has 0 fully saturated rings. The van der Waals surface area contributed by atoms with Crippen LogP contribution in [-0.4, -0.2) is 32.8 Å². The maximum Gasteiger partial charge on any atom is 0.160 e. The average Bonchev–Trinajstić information content (AvgIpc) is 2.89. The molecule has 3 aromatic rings. The molecule has 6 nitrogen and oxygen atoms in total. The Morgan fingerprint density at radius 1 is 1.24 bits per heavy atom. The number of nitrogens with one attached hydrogen (secondary N) is 1. The maximum atomic E-state index is 4.93. The molecule has 0 aliphatic heterocycles. The number of hydrogen-bond acceptors (Lipinski definition) is 5. The molecular weight excluding hydrogens is 427 g/mol. The number of aromatic nitrogens is 4. The lowest BCUT2D eigenvalue weighted by molar-refractivity contribution is 0.768. The largest absolute Gasteiger partial charge is 0.366 e. The fourth-order valence-electron chi connectivity index (χ4n) is 2.97. The number of nitrogens with zero attached hydrogens (tertiary/aromatic N) is 5. The molecule has 7 heteroatoms. The second-order valence-electron chi connectivity index (χ2n) is 5.94. The Hall–Kier alpha value is -1.90. The third-order valence-corrected chi connectivity index (χ3v) is 4.94. The van der Waals surface area contributed by atoms with E-state index in [1.807, 2.05) is 37.0 Å². The Kier molecular flexibility index (Phi) is 5.41. The first kappa shape index (κ1) is 17.9. The molecule has 0 atom stereocenters. The maximum absolute atomic E-state index is 4.93. The van der Waals surface area contributed by atoms with E-state index in [9.17, 15) is 0 Å². The van der Waals surface area contributed by atoms with E-state index >= 15 is 0 Å². The van der Waals surface area contributed by atoms with Gasteiger partial charge in [-0.1, -0.05) is 0 Å². The Balaban J connectivity index is 1.99. The molecule has 3 rings (SSSR count). The standard InChI is InChI=1S/C18H23IN6/c1-5-25(6-2)17-13(10-20-16-8-7-14(19)11-21-16)9-15-12(3)23-24(4)18(15)22-17/h7-9,11H,5-6,10H2,1-4H3,(H,20,21). The van der Waals surface area contributed by atoms with Crippen LogP contribution < -0.4 is 10.2 Å². The van der Waals surface area contributed by atoms with Gasteiger partial charge in [0.15, 0.2) is 5.65 Å². The Morgan fingerprint density at radius 3 is 2.64 bits per heavy atom. The van der Waals surface area contributed by atoms with Gasteiger partial charge in [0.25, 0.3) is 0 Å². The normalized spacial score (nSPS) is 11.1. The summed E-state index contributed by atoms with van der Waals surface area (Å²) in [5.41, 5.74) is 3.09. The van der Waals surface area contributed by atoms with Crippen LogP contribution in [0.3, 0.4) is 0 Å². The van der Waals surface area contributed by atoms with Crippen molar-refractivity contribution in [2.45, 2.75) is 27.3 Å². The number of halogens is 1. The van der Waals surface area contributed by atoms with Crippen LogP contribution in [0.15, 0.2) is 24.4 Å². The lowest BCUT2D eigenvalue weighted by Crippen LogP contribution is -2.25. The summed E-state index contributed by atoms with van der Waals surface area (Å²) < 4.78 is 2.98. The molecule has 132 valence electrons. The van der Waals surface area contributed by atoms with Crippen molar-refractivity contribution >= 4 is 45.3 Å². The van der Waals surface area contributed by atoms with E-state index < -0.39 is 0 Å². The molecule has 0 saturated heterocycles. The molecule has 3 aromatic heterocycles. The predicted molar refractivity (Wildman–Crippen MR) is 111 cm³/mol. The van der Waals surface area contributed by atoms with E-state index in [2.05, 4.69) is 62.8 Å². The highest BCUT2D eigenvalue weighted by atomic mass is 127. The molecule has 3 heterocycles. The number of fused-ring (bicyclic) bond motifs is 1. The van der Waals surface area contributed by atoms with Gasteiger partial charge in [-0.25, -0.2) is 9.97 Å². The van der Waals surface area contributed by atoms with Crippen LogP contribution in [0, 0.1) is 10.5 Å². The summed E-state index contributed by atoms with van der Waals surface area (Å²) in [7, 11) is 1.95. The smallest absolute Gasteiger partial charge is 0.160 e. The molecule has 0 aliphatic carbocycles. The first-order chi connectivity index (χ1) is 12.0. The van der Waals surface area contributed by atoms with E-state index in [0.29, 0.717) is 6.54 Å². The molecule has 0 radical (unpaired) electrons. The van der Waals surface area contributed by atoms with Crippen LogP contribution in [0.25, 0.3) is 11.0 Å². The molecule has 0 aromatic carbocycles. The van der Waals surface area contributed by atoms with Crippen molar-refractivity contribution in [3.05, 3.63) is 39.2 Å². The molecule has 0 saturated carbocycles. The van der Waals surface area contributed by atoms with E-state index in [0.717, 1.165) is 50.6 Å². The molecule has 0 aliphatic rings. The van der Waals surface area contributed by atoms with Gasteiger partial charge in [0.2, 0.25) is 0 Å². The van der Waals surface area contributed by atoms with Crippen LogP contribution in [0.2, 0.25) is 0 Å². The molecule has 25 heavy (non-hydrogen) atoms. The van der Waals surface area contributed by atoms with Gasteiger partial charge in [0.1, 0.15) is 11.6 Å². The van der Waals surface area contributed by atoms with E-state index in [1.165, 1.54) is 0 Å². The van der Waals surface area contributed by atoms with Gasteiger partial charge < -0.3 is 10.2 Å². The summed E-state index contributed by atoms with van der Waals surface area (Å²) in [5, 5.41) is 9.03. The van der Waals surface area contributed by atoms with Gasteiger partial charge in [-0.15, -0.1) is 0 Å². The summed E-state index contributed by atoms with van der Waals surface area (Å²) in [6.45, 7) is 8.85. The SMILES string of the molecule is CCN(CC)c1nc2c(cc1CNc1ccc(I)cn1)c(C)nn2C. The molecule has 0 spiro atoms. The fourth-order valence-corrected chi connectivity index (χ4v) is 3.29. The molecule has 0 bridgehead atoms.